The fourth-order valence-electron chi connectivity index (χ4n) is 9.31. The molecule has 3 rings (SSSR count). The van der Waals surface area contributed by atoms with E-state index in [9.17, 15) is 61.0 Å². The minimum absolute atomic E-state index is 0.154. The van der Waals surface area contributed by atoms with Crippen LogP contribution in [0.15, 0.2) is 122 Å². The highest BCUT2D eigenvalue weighted by Crippen LogP contribution is 2.33. The van der Waals surface area contributed by atoms with Gasteiger partial charge in [-0.2, -0.15) is 0 Å². The molecular formula is C64H103NO18. The van der Waals surface area contributed by atoms with E-state index in [1.165, 1.54) is 25.7 Å². The molecule has 19 nitrogen and oxygen atoms in total. The molecule has 0 saturated carbocycles. The largest absolute Gasteiger partial charge is 0.394 e. The van der Waals surface area contributed by atoms with Crippen molar-refractivity contribution in [2.45, 2.75) is 247 Å². The molecule has 17 atom stereocenters. The lowest BCUT2D eigenvalue weighted by molar-refractivity contribution is -0.379. The van der Waals surface area contributed by atoms with Crippen molar-refractivity contribution in [1.29, 1.82) is 0 Å². The van der Waals surface area contributed by atoms with Crippen molar-refractivity contribution < 1.29 is 89.4 Å². The number of hydrogen-bond donors (Lipinski definition) is 12. The van der Waals surface area contributed by atoms with Gasteiger partial charge in [0.25, 0.3) is 0 Å². The molecule has 0 spiro atoms. The molecule has 0 aromatic heterocycles. The number of aliphatic hydroxyl groups excluding tert-OH is 11. The molecule has 83 heavy (non-hydrogen) atoms. The summed E-state index contributed by atoms with van der Waals surface area (Å²) < 4.78 is 34.1. The summed E-state index contributed by atoms with van der Waals surface area (Å²) in [6, 6.07) is -1.01. The number of aliphatic hydroxyl groups is 11. The van der Waals surface area contributed by atoms with Crippen molar-refractivity contribution in [2.24, 2.45) is 0 Å². The SMILES string of the molecule is CC/C=C\C/C=C\C/C=C\C/C=C\C/C=C\C/C=C\C/C=C\C/C=C\C/C=C\CCCC(=O)NC(COC1OC(CO)C(OC2OC(CO)C(OC3OC(CO)C(O)C(O)C3O)C(O)C2O)C(O)C1O)C(O)/C=C/CCCCCCCCC. The number of ether oxygens (including phenoxy) is 6. The second kappa shape index (κ2) is 45.5. The summed E-state index contributed by atoms with van der Waals surface area (Å²) in [5, 5.41) is 120. The standard InChI is InChI=1S/C64H103NO18/c1-3-5-7-9-11-13-14-15-16-17-18-19-20-21-22-23-24-25-26-27-28-29-30-31-32-34-36-38-40-42-52(70)65-47(48(69)41-39-37-35-33-12-10-8-6-4-2)46-78-62-58(76)55(73)60(50(44-67)80-62)83-64-59(77)56(74)61(51(45-68)81-64)82-63-57(75)54(72)53(71)49(43-66)79-63/h5,7,11,13,15-16,18-19,21-22,24-25,27-28,30-31,34,36,39,41,47-51,53-64,66-69,71-77H,3-4,6,8-10,12,14,17,20,23,26,29,32-33,35,37-38,40,42-46H2,1-2H3,(H,65,70)/b7-5-,13-11-,16-15-,19-18-,22-21-,25-24-,28-27-,31-30-,36-34-,41-39+. The van der Waals surface area contributed by atoms with Gasteiger partial charge in [-0.3, -0.25) is 4.79 Å². The van der Waals surface area contributed by atoms with Gasteiger partial charge in [-0.1, -0.05) is 174 Å². The zero-order valence-electron chi connectivity index (χ0n) is 49.1. The maximum Gasteiger partial charge on any atom is 0.220 e. The molecule has 3 aliphatic heterocycles. The topological polar surface area (TPSA) is 307 Å². The van der Waals surface area contributed by atoms with Crippen molar-refractivity contribution >= 4 is 5.91 Å². The minimum atomic E-state index is -1.99. The van der Waals surface area contributed by atoms with Gasteiger partial charge in [-0.25, -0.2) is 0 Å². The van der Waals surface area contributed by atoms with Crippen LogP contribution in [0.1, 0.15) is 142 Å². The van der Waals surface area contributed by atoms with Crippen molar-refractivity contribution in [3.8, 4) is 0 Å². The predicted molar refractivity (Wildman–Crippen MR) is 318 cm³/mol. The van der Waals surface area contributed by atoms with Crippen molar-refractivity contribution in [1.82, 2.24) is 5.32 Å². The van der Waals surface area contributed by atoms with Crippen LogP contribution in [-0.2, 0) is 33.2 Å². The molecule has 17 unspecified atom stereocenters. The molecule has 3 saturated heterocycles. The summed E-state index contributed by atoms with van der Waals surface area (Å²) in [5.74, 6) is -0.343. The van der Waals surface area contributed by atoms with Gasteiger partial charge >= 0.3 is 0 Å². The predicted octanol–water partition coefficient (Wildman–Crippen LogP) is 5.70. The zero-order chi connectivity index (χ0) is 60.5. The third-order valence-electron chi connectivity index (χ3n) is 14.3. The Labute approximate surface area is 493 Å². The van der Waals surface area contributed by atoms with Crippen LogP contribution in [0.25, 0.3) is 0 Å². The highest BCUT2D eigenvalue weighted by Gasteiger charge is 2.53. The number of hydrogen-bond acceptors (Lipinski definition) is 18. The van der Waals surface area contributed by atoms with Gasteiger partial charge in [0.15, 0.2) is 18.9 Å². The minimum Gasteiger partial charge on any atom is -0.394 e. The molecule has 3 aliphatic rings. The summed E-state index contributed by atoms with van der Waals surface area (Å²) in [6.45, 7) is 1.48. The number of carbonyl (C=O) groups is 1. The van der Waals surface area contributed by atoms with Crippen molar-refractivity contribution in [3.05, 3.63) is 122 Å². The van der Waals surface area contributed by atoms with Gasteiger partial charge in [0.05, 0.1) is 38.6 Å². The second-order valence-electron chi connectivity index (χ2n) is 21.1. The highest BCUT2D eigenvalue weighted by atomic mass is 16.8. The van der Waals surface area contributed by atoms with Crippen LogP contribution in [0.3, 0.4) is 0 Å². The van der Waals surface area contributed by atoms with E-state index < -0.39 is 124 Å². The number of unbranched alkanes of at least 4 members (excludes halogenated alkanes) is 8. The quantitative estimate of drug-likeness (QED) is 0.0258. The Balaban J connectivity index is 1.45. The lowest BCUT2D eigenvalue weighted by atomic mass is 9.96. The normalized spacial score (nSPS) is 30.3. The average Bonchev–Trinajstić information content (AvgIpc) is 3.25. The van der Waals surface area contributed by atoms with E-state index in [1.54, 1.807) is 6.08 Å². The third-order valence-corrected chi connectivity index (χ3v) is 14.3. The van der Waals surface area contributed by atoms with Crippen LogP contribution in [0.4, 0.5) is 0 Å². The molecule has 472 valence electrons. The highest BCUT2D eigenvalue weighted by molar-refractivity contribution is 5.76. The van der Waals surface area contributed by atoms with E-state index in [1.807, 2.05) is 18.2 Å². The van der Waals surface area contributed by atoms with Crippen LogP contribution in [-0.4, -0.2) is 193 Å². The molecule has 0 radical (unpaired) electrons. The Morgan fingerprint density at radius 1 is 0.446 bits per heavy atom. The Morgan fingerprint density at radius 2 is 0.831 bits per heavy atom. The smallest absolute Gasteiger partial charge is 0.220 e. The van der Waals surface area contributed by atoms with Gasteiger partial charge < -0.3 is 89.9 Å². The summed E-state index contributed by atoms with van der Waals surface area (Å²) in [6.07, 6.45) is 33.5. The summed E-state index contributed by atoms with van der Waals surface area (Å²) in [7, 11) is 0. The molecule has 19 heteroatoms. The van der Waals surface area contributed by atoms with E-state index in [0.29, 0.717) is 19.3 Å². The summed E-state index contributed by atoms with van der Waals surface area (Å²) in [5.41, 5.74) is 0. The van der Waals surface area contributed by atoms with E-state index >= 15 is 0 Å². The molecule has 0 bridgehead atoms. The molecule has 1 amide bonds. The summed E-state index contributed by atoms with van der Waals surface area (Å²) in [4.78, 5) is 13.3. The Kier molecular flexibility index (Phi) is 40.3. The zero-order valence-corrected chi connectivity index (χ0v) is 49.1. The number of amides is 1. The maximum atomic E-state index is 13.3. The number of allylic oxidation sites excluding steroid dienone is 19. The van der Waals surface area contributed by atoms with Crippen LogP contribution >= 0.6 is 0 Å². The molecule has 0 aromatic carbocycles. The van der Waals surface area contributed by atoms with Gasteiger partial charge in [-0.15, -0.1) is 0 Å². The first kappa shape index (κ1) is 73.4. The average molecular weight is 1170 g/mol. The molecule has 0 aromatic rings. The van der Waals surface area contributed by atoms with E-state index in [-0.39, 0.29) is 18.9 Å². The Morgan fingerprint density at radius 3 is 1.29 bits per heavy atom. The van der Waals surface area contributed by atoms with E-state index in [0.717, 1.165) is 77.0 Å². The molecular weight excluding hydrogens is 1070 g/mol. The van der Waals surface area contributed by atoms with Crippen LogP contribution in [0, 0.1) is 0 Å². The van der Waals surface area contributed by atoms with Crippen LogP contribution < -0.4 is 5.32 Å². The van der Waals surface area contributed by atoms with Gasteiger partial charge in [0, 0.05) is 6.42 Å². The molecule has 12 N–H and O–H groups in total. The van der Waals surface area contributed by atoms with E-state index in [4.69, 9.17) is 28.4 Å². The fraction of sp³-hybridized carbons (Fsp3) is 0.672. The van der Waals surface area contributed by atoms with Gasteiger partial charge in [0.2, 0.25) is 5.91 Å². The lowest BCUT2D eigenvalue weighted by Crippen LogP contribution is -2.66. The second-order valence-corrected chi connectivity index (χ2v) is 21.1. The first-order chi connectivity index (χ1) is 40.3. The van der Waals surface area contributed by atoms with Gasteiger partial charge in [-0.05, 0) is 83.5 Å². The molecule has 3 fully saturated rings. The Hall–Kier alpha value is -3.81. The Bertz CT molecular complexity index is 1980. The third kappa shape index (κ3) is 29.0. The number of carbonyl (C=O) groups excluding carboxylic acids is 1. The van der Waals surface area contributed by atoms with Crippen LogP contribution in [0.5, 0.6) is 0 Å². The molecule has 0 aliphatic carbocycles. The number of nitrogens with one attached hydrogen (secondary N) is 1. The maximum absolute atomic E-state index is 13.3. The van der Waals surface area contributed by atoms with Crippen LogP contribution in [0.2, 0.25) is 0 Å². The lowest BCUT2D eigenvalue weighted by Gasteiger charge is -2.48. The first-order valence-corrected chi connectivity index (χ1v) is 30.3. The van der Waals surface area contributed by atoms with Crippen molar-refractivity contribution in [2.75, 3.05) is 26.4 Å². The fourth-order valence-corrected chi connectivity index (χ4v) is 9.31. The first-order valence-electron chi connectivity index (χ1n) is 30.3. The molecule has 3 heterocycles. The van der Waals surface area contributed by atoms with Gasteiger partial charge in [0.1, 0.15) is 73.2 Å². The van der Waals surface area contributed by atoms with Crippen molar-refractivity contribution in [3.63, 3.8) is 0 Å². The summed E-state index contributed by atoms with van der Waals surface area (Å²) >= 11 is 0. The van der Waals surface area contributed by atoms with E-state index in [2.05, 4.69) is 116 Å². The number of rotatable bonds is 42. The monoisotopic (exact) mass is 1170 g/mol.